The maximum Gasteiger partial charge on any atom is 0.131 e. The summed E-state index contributed by atoms with van der Waals surface area (Å²) in [7, 11) is 0. The molecular formula is C13H9F4N. The van der Waals surface area contributed by atoms with E-state index in [9.17, 15) is 17.6 Å². The maximum atomic E-state index is 13.3. The summed E-state index contributed by atoms with van der Waals surface area (Å²) >= 11 is 0. The fraction of sp³-hybridized carbons (Fsp3) is 0.0769. The molecule has 18 heavy (non-hydrogen) atoms. The number of halogens is 4. The fourth-order valence-corrected chi connectivity index (χ4v) is 1.55. The van der Waals surface area contributed by atoms with Crippen molar-refractivity contribution in [2.75, 3.05) is 5.32 Å². The summed E-state index contributed by atoms with van der Waals surface area (Å²) in [6.45, 7) is -0.193. The highest BCUT2D eigenvalue weighted by Crippen LogP contribution is 2.17. The van der Waals surface area contributed by atoms with E-state index in [1.54, 1.807) is 0 Å². The van der Waals surface area contributed by atoms with Crippen LogP contribution in [-0.2, 0) is 6.54 Å². The van der Waals surface area contributed by atoms with Crippen molar-refractivity contribution in [3.05, 3.63) is 65.2 Å². The van der Waals surface area contributed by atoms with Gasteiger partial charge in [0.2, 0.25) is 0 Å². The number of nitrogens with one attached hydrogen (secondary N) is 1. The van der Waals surface area contributed by atoms with Gasteiger partial charge in [0.25, 0.3) is 0 Å². The van der Waals surface area contributed by atoms with Crippen molar-refractivity contribution in [2.45, 2.75) is 6.54 Å². The predicted octanol–water partition coefficient (Wildman–Crippen LogP) is 3.86. The zero-order chi connectivity index (χ0) is 13.1. The van der Waals surface area contributed by atoms with Crippen molar-refractivity contribution < 1.29 is 17.6 Å². The maximum absolute atomic E-state index is 13.3. The highest BCUT2D eigenvalue weighted by Gasteiger charge is 2.08. The minimum absolute atomic E-state index is 0.121. The van der Waals surface area contributed by atoms with Crippen LogP contribution in [0.25, 0.3) is 0 Å². The van der Waals surface area contributed by atoms with Crippen LogP contribution in [0, 0.1) is 23.3 Å². The summed E-state index contributed by atoms with van der Waals surface area (Å²) in [6, 6.07) is 6.28. The van der Waals surface area contributed by atoms with Crippen LogP contribution in [0.2, 0.25) is 0 Å². The van der Waals surface area contributed by atoms with Crippen LogP contribution in [0.1, 0.15) is 5.56 Å². The molecule has 0 radical (unpaired) electrons. The first-order valence-electron chi connectivity index (χ1n) is 5.19. The third-order valence-corrected chi connectivity index (χ3v) is 2.39. The van der Waals surface area contributed by atoms with Crippen LogP contribution >= 0.6 is 0 Å². The molecule has 0 fully saturated rings. The lowest BCUT2D eigenvalue weighted by Gasteiger charge is -2.08. The summed E-state index contributed by atoms with van der Waals surface area (Å²) in [5.74, 6) is -2.93. The molecule has 0 aliphatic rings. The molecule has 2 rings (SSSR count). The van der Waals surface area contributed by atoms with E-state index in [1.807, 2.05) is 0 Å². The molecule has 0 bridgehead atoms. The fourth-order valence-electron chi connectivity index (χ4n) is 1.55. The van der Waals surface area contributed by atoms with Crippen molar-refractivity contribution in [3.8, 4) is 0 Å². The first kappa shape index (κ1) is 12.4. The molecule has 0 aliphatic carbocycles. The molecule has 94 valence electrons. The minimum atomic E-state index is -0.758. The van der Waals surface area contributed by atoms with Crippen LogP contribution < -0.4 is 5.32 Å². The Balaban J connectivity index is 2.16. The molecular weight excluding hydrogens is 246 g/mol. The van der Waals surface area contributed by atoms with Gasteiger partial charge in [-0.1, -0.05) is 6.07 Å². The van der Waals surface area contributed by atoms with Gasteiger partial charge in [-0.05, 0) is 24.3 Å². The lowest BCUT2D eigenvalue weighted by atomic mass is 10.2. The van der Waals surface area contributed by atoms with Crippen LogP contribution in [0.15, 0.2) is 36.4 Å². The van der Waals surface area contributed by atoms with Gasteiger partial charge in [0.1, 0.15) is 23.3 Å². The Bertz CT molecular complexity index is 528. The van der Waals surface area contributed by atoms with E-state index >= 15 is 0 Å². The molecule has 1 nitrogen and oxygen atoms in total. The molecule has 0 spiro atoms. The minimum Gasteiger partial charge on any atom is -0.381 e. The molecule has 0 aliphatic heterocycles. The SMILES string of the molecule is Fc1cc(F)cc(NCc2c(F)cccc2F)c1. The molecule has 2 aromatic rings. The van der Waals surface area contributed by atoms with Crippen LogP contribution in [-0.4, -0.2) is 0 Å². The Hall–Kier alpha value is -2.04. The summed E-state index contributed by atoms with van der Waals surface area (Å²) in [5, 5.41) is 2.56. The Morgan fingerprint density at radius 1 is 0.833 bits per heavy atom. The number of benzene rings is 2. The molecule has 2 aromatic carbocycles. The Kier molecular flexibility index (Phi) is 3.50. The molecule has 0 unspecified atom stereocenters. The molecule has 0 atom stereocenters. The number of hydrogen-bond donors (Lipinski definition) is 1. The molecule has 0 aromatic heterocycles. The van der Waals surface area contributed by atoms with Gasteiger partial charge in [0, 0.05) is 23.9 Å². The van der Waals surface area contributed by atoms with Gasteiger partial charge in [0.05, 0.1) is 0 Å². The Morgan fingerprint density at radius 3 is 1.94 bits per heavy atom. The van der Waals surface area contributed by atoms with Gasteiger partial charge in [-0.25, -0.2) is 17.6 Å². The largest absolute Gasteiger partial charge is 0.381 e. The van der Waals surface area contributed by atoms with Gasteiger partial charge < -0.3 is 5.32 Å². The number of rotatable bonds is 3. The van der Waals surface area contributed by atoms with Gasteiger partial charge >= 0.3 is 0 Å². The summed E-state index contributed by atoms with van der Waals surface area (Å²) < 4.78 is 52.3. The second kappa shape index (κ2) is 5.08. The van der Waals surface area contributed by atoms with Crippen LogP contribution in [0.4, 0.5) is 23.2 Å². The van der Waals surface area contributed by atoms with E-state index in [-0.39, 0.29) is 17.8 Å². The highest BCUT2D eigenvalue weighted by atomic mass is 19.1. The molecule has 0 saturated carbocycles. The average Bonchev–Trinajstić information content (AvgIpc) is 2.27. The van der Waals surface area contributed by atoms with E-state index in [2.05, 4.69) is 5.32 Å². The van der Waals surface area contributed by atoms with E-state index in [0.29, 0.717) is 0 Å². The first-order valence-corrected chi connectivity index (χ1v) is 5.19. The first-order chi connectivity index (χ1) is 8.56. The van der Waals surface area contributed by atoms with E-state index in [1.165, 1.54) is 6.07 Å². The average molecular weight is 255 g/mol. The zero-order valence-corrected chi connectivity index (χ0v) is 9.18. The third kappa shape index (κ3) is 2.80. The lowest BCUT2D eigenvalue weighted by molar-refractivity contribution is 0.559. The quantitative estimate of drug-likeness (QED) is 0.821. The smallest absolute Gasteiger partial charge is 0.131 e. The van der Waals surface area contributed by atoms with Crippen LogP contribution in [0.3, 0.4) is 0 Å². The predicted molar refractivity (Wildman–Crippen MR) is 60.0 cm³/mol. The van der Waals surface area contributed by atoms with E-state index in [4.69, 9.17) is 0 Å². The monoisotopic (exact) mass is 255 g/mol. The molecule has 1 N–H and O–H groups in total. The molecule has 0 amide bonds. The van der Waals surface area contributed by atoms with Gasteiger partial charge in [-0.15, -0.1) is 0 Å². The normalized spacial score (nSPS) is 10.4. The molecule has 0 saturated heterocycles. The highest BCUT2D eigenvalue weighted by molar-refractivity contribution is 5.44. The van der Waals surface area contributed by atoms with Crippen molar-refractivity contribution in [3.63, 3.8) is 0 Å². The summed E-state index contributed by atoms with van der Waals surface area (Å²) in [5.41, 5.74) is -0.0580. The number of anilines is 1. The lowest BCUT2D eigenvalue weighted by Crippen LogP contribution is -2.05. The number of hydrogen-bond acceptors (Lipinski definition) is 1. The van der Waals surface area contributed by atoms with Gasteiger partial charge in [0.15, 0.2) is 0 Å². The third-order valence-electron chi connectivity index (χ3n) is 2.39. The summed E-state index contributed by atoms with van der Waals surface area (Å²) in [6.07, 6.45) is 0. The van der Waals surface area contributed by atoms with Crippen molar-refractivity contribution in [1.82, 2.24) is 0 Å². The van der Waals surface area contributed by atoms with Crippen molar-refractivity contribution in [2.24, 2.45) is 0 Å². The standard InChI is InChI=1S/C13H9F4N/c14-8-4-9(15)6-10(5-8)18-7-11-12(16)2-1-3-13(11)17/h1-6,18H,7H2. The second-order valence-electron chi connectivity index (χ2n) is 3.71. The van der Waals surface area contributed by atoms with Gasteiger partial charge in [-0.3, -0.25) is 0 Å². The van der Waals surface area contributed by atoms with E-state index in [0.717, 1.165) is 30.3 Å². The zero-order valence-electron chi connectivity index (χ0n) is 9.18. The summed E-state index contributed by atoms with van der Waals surface area (Å²) in [4.78, 5) is 0. The Labute approximate surface area is 101 Å². The van der Waals surface area contributed by atoms with E-state index < -0.39 is 23.3 Å². The second-order valence-corrected chi connectivity index (χ2v) is 3.71. The van der Waals surface area contributed by atoms with Crippen LogP contribution in [0.5, 0.6) is 0 Å². The Morgan fingerprint density at radius 2 is 1.39 bits per heavy atom. The topological polar surface area (TPSA) is 12.0 Å². The van der Waals surface area contributed by atoms with Crippen molar-refractivity contribution >= 4 is 5.69 Å². The molecule has 5 heteroatoms. The molecule has 0 heterocycles. The van der Waals surface area contributed by atoms with Crippen molar-refractivity contribution in [1.29, 1.82) is 0 Å². The van der Waals surface area contributed by atoms with Gasteiger partial charge in [-0.2, -0.15) is 0 Å².